The van der Waals surface area contributed by atoms with Crippen LogP contribution in [0.4, 0.5) is 5.69 Å². The second-order valence-corrected chi connectivity index (χ2v) is 6.06. The highest BCUT2D eigenvalue weighted by Gasteiger charge is 2.22. The Labute approximate surface area is 142 Å². The highest BCUT2D eigenvalue weighted by atomic mass is 16.3. The molecule has 1 aliphatic rings. The fourth-order valence-electron chi connectivity index (χ4n) is 2.97. The van der Waals surface area contributed by atoms with Gasteiger partial charge in [0.25, 0.3) is 0 Å². The van der Waals surface area contributed by atoms with E-state index in [9.17, 15) is 9.90 Å². The molecule has 3 rings (SSSR count). The number of anilines is 1. The summed E-state index contributed by atoms with van der Waals surface area (Å²) in [7, 11) is 0. The molecular weight excluding hydrogens is 300 g/mol. The van der Waals surface area contributed by atoms with Crippen LogP contribution in [0.5, 0.6) is 5.75 Å². The standard InChI is InChI=1S/C20H22N2O2/c23-19-10-4-6-16(14-19)11-12-20(24)22-13-5-9-18(15-22)21-17-7-2-1-3-8-17/h1-4,6-8,10-12,14,18,21,23H,5,9,13,15H2. The minimum atomic E-state index is 0.0119. The minimum Gasteiger partial charge on any atom is -0.508 e. The number of phenolic OH excluding ortho intramolecular Hbond substituents is 1. The van der Waals surface area contributed by atoms with E-state index in [2.05, 4.69) is 5.32 Å². The molecule has 0 aromatic heterocycles. The van der Waals surface area contributed by atoms with Gasteiger partial charge < -0.3 is 15.3 Å². The molecule has 1 saturated heterocycles. The van der Waals surface area contributed by atoms with Crippen LogP contribution in [0.25, 0.3) is 6.08 Å². The molecule has 0 spiro atoms. The lowest BCUT2D eigenvalue weighted by Crippen LogP contribution is -2.44. The molecule has 1 atom stereocenters. The van der Waals surface area contributed by atoms with E-state index in [0.29, 0.717) is 6.54 Å². The second kappa shape index (κ2) is 7.68. The third-order valence-corrected chi connectivity index (χ3v) is 4.17. The number of aromatic hydroxyl groups is 1. The number of para-hydroxylation sites is 1. The van der Waals surface area contributed by atoms with E-state index in [1.54, 1.807) is 30.4 Å². The van der Waals surface area contributed by atoms with Crippen molar-refractivity contribution in [1.82, 2.24) is 4.90 Å². The maximum atomic E-state index is 12.4. The number of carbonyl (C=O) groups is 1. The van der Waals surface area contributed by atoms with Crippen LogP contribution in [0.15, 0.2) is 60.7 Å². The van der Waals surface area contributed by atoms with Gasteiger partial charge in [0.15, 0.2) is 0 Å². The Morgan fingerprint density at radius 1 is 1.17 bits per heavy atom. The summed E-state index contributed by atoms with van der Waals surface area (Å²) in [6.45, 7) is 1.49. The van der Waals surface area contributed by atoms with E-state index in [4.69, 9.17) is 0 Å². The van der Waals surface area contributed by atoms with Crippen molar-refractivity contribution in [3.63, 3.8) is 0 Å². The fraction of sp³-hybridized carbons (Fsp3) is 0.250. The van der Waals surface area contributed by atoms with E-state index in [-0.39, 0.29) is 17.7 Å². The molecule has 0 bridgehead atoms. The molecule has 0 radical (unpaired) electrons. The zero-order valence-electron chi connectivity index (χ0n) is 13.6. The lowest BCUT2D eigenvalue weighted by Gasteiger charge is -2.33. The summed E-state index contributed by atoms with van der Waals surface area (Å²) in [6.07, 6.45) is 5.39. The van der Waals surface area contributed by atoms with E-state index in [0.717, 1.165) is 30.6 Å². The Bertz CT molecular complexity index is 713. The number of carbonyl (C=O) groups excluding carboxylic acids is 1. The van der Waals surface area contributed by atoms with Crippen molar-refractivity contribution in [2.45, 2.75) is 18.9 Å². The first-order valence-corrected chi connectivity index (χ1v) is 8.28. The first kappa shape index (κ1) is 16.1. The van der Waals surface area contributed by atoms with Gasteiger partial charge in [-0.1, -0.05) is 30.3 Å². The highest BCUT2D eigenvalue weighted by molar-refractivity contribution is 5.92. The number of rotatable bonds is 4. The Kier molecular flexibility index (Phi) is 5.16. The highest BCUT2D eigenvalue weighted by Crippen LogP contribution is 2.17. The summed E-state index contributed by atoms with van der Waals surface area (Å²) in [5.74, 6) is 0.215. The van der Waals surface area contributed by atoms with Gasteiger partial charge in [-0.05, 0) is 48.7 Å². The molecule has 1 unspecified atom stereocenters. The van der Waals surface area contributed by atoms with Crippen LogP contribution < -0.4 is 5.32 Å². The number of hydrogen-bond acceptors (Lipinski definition) is 3. The van der Waals surface area contributed by atoms with Crippen molar-refractivity contribution >= 4 is 17.7 Å². The third kappa shape index (κ3) is 4.38. The van der Waals surface area contributed by atoms with Gasteiger partial charge >= 0.3 is 0 Å². The van der Waals surface area contributed by atoms with Crippen LogP contribution in [-0.4, -0.2) is 35.0 Å². The smallest absolute Gasteiger partial charge is 0.246 e. The molecule has 0 aliphatic carbocycles. The van der Waals surface area contributed by atoms with Crippen LogP contribution in [0, 0.1) is 0 Å². The normalized spacial score (nSPS) is 17.8. The van der Waals surface area contributed by atoms with Gasteiger partial charge in [-0.15, -0.1) is 0 Å². The number of hydrogen-bond donors (Lipinski definition) is 2. The Morgan fingerprint density at radius 2 is 2.00 bits per heavy atom. The van der Waals surface area contributed by atoms with Gasteiger partial charge in [0.1, 0.15) is 5.75 Å². The second-order valence-electron chi connectivity index (χ2n) is 6.06. The Balaban J connectivity index is 1.58. The summed E-state index contributed by atoms with van der Waals surface area (Å²) in [5.41, 5.74) is 1.91. The lowest BCUT2D eigenvalue weighted by molar-refractivity contribution is -0.126. The summed E-state index contributed by atoms with van der Waals surface area (Å²) in [5, 5.41) is 13.0. The van der Waals surface area contributed by atoms with Crippen LogP contribution in [-0.2, 0) is 4.79 Å². The fourth-order valence-corrected chi connectivity index (χ4v) is 2.97. The van der Waals surface area contributed by atoms with Crippen LogP contribution >= 0.6 is 0 Å². The van der Waals surface area contributed by atoms with Crippen molar-refractivity contribution in [3.8, 4) is 5.75 Å². The van der Waals surface area contributed by atoms with Crippen LogP contribution in [0.2, 0.25) is 0 Å². The minimum absolute atomic E-state index is 0.0119. The van der Waals surface area contributed by atoms with Crippen molar-refractivity contribution in [2.75, 3.05) is 18.4 Å². The van der Waals surface area contributed by atoms with Crippen molar-refractivity contribution in [3.05, 3.63) is 66.2 Å². The predicted octanol–water partition coefficient (Wildman–Crippen LogP) is 3.51. The molecule has 1 amide bonds. The molecule has 4 nitrogen and oxygen atoms in total. The largest absolute Gasteiger partial charge is 0.508 e. The average molecular weight is 322 g/mol. The van der Waals surface area contributed by atoms with E-state index < -0.39 is 0 Å². The molecular formula is C20H22N2O2. The zero-order valence-corrected chi connectivity index (χ0v) is 13.6. The monoisotopic (exact) mass is 322 g/mol. The van der Waals surface area contributed by atoms with Crippen LogP contribution in [0.1, 0.15) is 18.4 Å². The molecule has 2 aromatic carbocycles. The average Bonchev–Trinajstić information content (AvgIpc) is 2.61. The quantitative estimate of drug-likeness (QED) is 0.847. The number of amides is 1. The lowest BCUT2D eigenvalue weighted by atomic mass is 10.0. The van der Waals surface area contributed by atoms with Crippen molar-refractivity contribution in [1.29, 1.82) is 0 Å². The first-order chi connectivity index (χ1) is 11.7. The van der Waals surface area contributed by atoms with Gasteiger partial charge in [0.2, 0.25) is 5.91 Å². The molecule has 2 N–H and O–H groups in total. The zero-order chi connectivity index (χ0) is 16.8. The third-order valence-electron chi connectivity index (χ3n) is 4.17. The van der Waals surface area contributed by atoms with Gasteiger partial charge in [-0.3, -0.25) is 4.79 Å². The van der Waals surface area contributed by atoms with Crippen molar-refractivity contribution < 1.29 is 9.90 Å². The molecule has 1 aliphatic heterocycles. The first-order valence-electron chi connectivity index (χ1n) is 8.28. The van der Waals surface area contributed by atoms with E-state index in [1.165, 1.54) is 0 Å². The molecule has 124 valence electrons. The summed E-state index contributed by atoms with van der Waals surface area (Å²) < 4.78 is 0. The number of nitrogens with zero attached hydrogens (tertiary/aromatic N) is 1. The van der Waals surface area contributed by atoms with Crippen molar-refractivity contribution in [2.24, 2.45) is 0 Å². The van der Waals surface area contributed by atoms with E-state index >= 15 is 0 Å². The van der Waals surface area contributed by atoms with Gasteiger partial charge in [-0.25, -0.2) is 0 Å². The maximum Gasteiger partial charge on any atom is 0.246 e. The summed E-state index contributed by atoms with van der Waals surface area (Å²) in [4.78, 5) is 14.3. The molecule has 2 aromatic rings. The number of nitrogens with one attached hydrogen (secondary N) is 1. The van der Waals surface area contributed by atoms with Gasteiger partial charge in [0, 0.05) is 30.9 Å². The summed E-state index contributed by atoms with van der Waals surface area (Å²) >= 11 is 0. The van der Waals surface area contributed by atoms with E-state index in [1.807, 2.05) is 41.3 Å². The molecule has 24 heavy (non-hydrogen) atoms. The molecule has 1 fully saturated rings. The molecule has 4 heteroatoms. The van der Waals surface area contributed by atoms with Crippen LogP contribution in [0.3, 0.4) is 0 Å². The Morgan fingerprint density at radius 3 is 2.79 bits per heavy atom. The number of likely N-dealkylation sites (tertiary alicyclic amines) is 1. The summed E-state index contributed by atoms with van der Waals surface area (Å²) in [6, 6.07) is 17.2. The van der Waals surface area contributed by atoms with Gasteiger partial charge in [-0.2, -0.15) is 0 Å². The topological polar surface area (TPSA) is 52.6 Å². The molecule has 0 saturated carbocycles. The Hall–Kier alpha value is -2.75. The van der Waals surface area contributed by atoms with Gasteiger partial charge in [0.05, 0.1) is 0 Å². The SMILES string of the molecule is O=C(C=Cc1cccc(O)c1)N1CCCC(Nc2ccccc2)C1. The predicted molar refractivity (Wildman–Crippen MR) is 96.8 cm³/mol. The number of piperidine rings is 1. The number of phenols is 1. The molecule has 1 heterocycles. The maximum absolute atomic E-state index is 12.4. The number of benzene rings is 2.